The summed E-state index contributed by atoms with van der Waals surface area (Å²) in [7, 11) is 0. The van der Waals surface area contributed by atoms with Gasteiger partial charge in [0.1, 0.15) is 0 Å². The number of rotatable bonds is 7. The van der Waals surface area contributed by atoms with E-state index in [0.717, 1.165) is 12.5 Å². The second-order valence-corrected chi connectivity index (χ2v) is 3.61. The minimum absolute atomic E-state index is 0.170. The number of primary amides is 1. The minimum atomic E-state index is -0.988. The van der Waals surface area contributed by atoms with Crippen LogP contribution in [0.3, 0.4) is 0 Å². The maximum Gasteiger partial charge on any atom is 0.328 e. The van der Waals surface area contributed by atoms with Gasteiger partial charge in [0.2, 0.25) is 5.91 Å². The molecule has 0 fully saturated rings. The first kappa shape index (κ1) is 14.3. The molecule has 1 atom stereocenters. The van der Waals surface area contributed by atoms with E-state index in [2.05, 4.69) is 4.99 Å². The maximum atomic E-state index is 10.6. The summed E-state index contributed by atoms with van der Waals surface area (Å²) in [4.78, 5) is 25.2. The van der Waals surface area contributed by atoms with E-state index in [1.165, 1.54) is 6.21 Å². The summed E-state index contributed by atoms with van der Waals surface area (Å²) in [6.45, 7) is 3.71. The highest BCUT2D eigenvalue weighted by atomic mass is 16.4. The Morgan fingerprint density at radius 3 is 2.56 bits per heavy atom. The minimum Gasteiger partial charge on any atom is -0.478 e. The first-order valence-corrected chi connectivity index (χ1v) is 5.20. The van der Waals surface area contributed by atoms with Crippen molar-refractivity contribution in [2.45, 2.75) is 39.2 Å². The topological polar surface area (TPSA) is 92.8 Å². The molecule has 1 amide bonds. The number of carbonyl (C=O) groups excluding carboxylic acids is 1. The Labute approximate surface area is 95.1 Å². The average Bonchev–Trinajstić information content (AvgIpc) is 2.12. The molecule has 0 aromatic carbocycles. The van der Waals surface area contributed by atoms with Gasteiger partial charge in [0.15, 0.2) is 0 Å². The Balaban J connectivity index is 4.44. The van der Waals surface area contributed by atoms with E-state index >= 15 is 0 Å². The third kappa shape index (κ3) is 7.73. The molecule has 0 saturated heterocycles. The van der Waals surface area contributed by atoms with Gasteiger partial charge in [-0.25, -0.2) is 4.79 Å². The van der Waals surface area contributed by atoms with E-state index in [1.54, 1.807) is 6.92 Å². The number of nitrogens with zero attached hydrogens (tertiary/aromatic N) is 1. The van der Waals surface area contributed by atoms with Gasteiger partial charge in [0, 0.05) is 18.7 Å². The molecule has 0 aromatic rings. The number of carboxylic acid groups (broad SMARTS) is 1. The van der Waals surface area contributed by atoms with Crippen LogP contribution < -0.4 is 5.73 Å². The molecule has 3 N–H and O–H groups in total. The lowest BCUT2D eigenvalue weighted by atomic mass is 10.1. The van der Waals surface area contributed by atoms with Gasteiger partial charge in [-0.05, 0) is 18.9 Å². The number of hydrogen-bond donors (Lipinski definition) is 2. The lowest BCUT2D eigenvalue weighted by Crippen LogP contribution is -2.16. The zero-order valence-electron chi connectivity index (χ0n) is 9.64. The van der Waals surface area contributed by atoms with Crippen molar-refractivity contribution in [1.29, 1.82) is 0 Å². The highest BCUT2D eigenvalue weighted by Gasteiger charge is 2.03. The molecule has 0 radical (unpaired) electrons. The molecule has 0 aromatic heterocycles. The van der Waals surface area contributed by atoms with Crippen LogP contribution in [-0.2, 0) is 9.59 Å². The Morgan fingerprint density at radius 1 is 1.50 bits per heavy atom. The fourth-order valence-corrected chi connectivity index (χ4v) is 1.19. The van der Waals surface area contributed by atoms with Crippen molar-refractivity contribution >= 4 is 18.1 Å². The molecule has 0 saturated carbocycles. The monoisotopic (exact) mass is 226 g/mol. The van der Waals surface area contributed by atoms with Crippen molar-refractivity contribution in [1.82, 2.24) is 0 Å². The van der Waals surface area contributed by atoms with Crippen LogP contribution in [0, 0.1) is 0 Å². The van der Waals surface area contributed by atoms with Crippen molar-refractivity contribution < 1.29 is 14.7 Å². The first-order valence-electron chi connectivity index (χ1n) is 5.20. The number of amides is 1. The summed E-state index contributed by atoms with van der Waals surface area (Å²) in [6, 6.07) is -0.216. The molecular formula is C11H18N2O3. The van der Waals surface area contributed by atoms with Crippen LogP contribution in [0.25, 0.3) is 0 Å². The number of allylic oxidation sites excluding steroid dienone is 1. The Kier molecular flexibility index (Phi) is 6.83. The summed E-state index contributed by atoms with van der Waals surface area (Å²) in [6.07, 6.45) is 4.30. The normalized spacial score (nSPS) is 14.0. The molecule has 0 unspecified atom stereocenters. The molecule has 0 aliphatic carbocycles. The number of carbonyl (C=O) groups is 2. The van der Waals surface area contributed by atoms with E-state index in [4.69, 9.17) is 10.8 Å². The van der Waals surface area contributed by atoms with Crippen molar-refractivity contribution in [2.75, 3.05) is 0 Å². The number of hydrogen-bond acceptors (Lipinski definition) is 3. The van der Waals surface area contributed by atoms with Gasteiger partial charge >= 0.3 is 5.97 Å². The third-order valence-electron chi connectivity index (χ3n) is 1.84. The van der Waals surface area contributed by atoms with Crippen LogP contribution in [-0.4, -0.2) is 29.2 Å². The Bertz CT molecular complexity index is 308. The van der Waals surface area contributed by atoms with Gasteiger partial charge in [-0.1, -0.05) is 13.3 Å². The lowest BCUT2D eigenvalue weighted by Gasteiger charge is -2.03. The predicted octanol–water partition coefficient (Wildman–Crippen LogP) is 1.13. The quantitative estimate of drug-likeness (QED) is 0.503. The van der Waals surface area contributed by atoms with Crippen molar-refractivity contribution in [2.24, 2.45) is 10.7 Å². The summed E-state index contributed by atoms with van der Waals surface area (Å²) in [5, 5.41) is 8.61. The van der Waals surface area contributed by atoms with Gasteiger partial charge in [0.25, 0.3) is 0 Å². The molecule has 90 valence electrons. The number of aliphatic imine (C=N–C) groups is 1. The zero-order chi connectivity index (χ0) is 12.6. The van der Waals surface area contributed by atoms with Gasteiger partial charge in [-0.2, -0.15) is 0 Å². The van der Waals surface area contributed by atoms with Gasteiger partial charge in [0.05, 0.1) is 6.04 Å². The molecule has 0 heterocycles. The van der Waals surface area contributed by atoms with E-state index in [9.17, 15) is 9.59 Å². The molecule has 16 heavy (non-hydrogen) atoms. The number of carboxylic acids is 1. The highest BCUT2D eigenvalue weighted by Crippen LogP contribution is 2.04. The molecule has 0 aliphatic heterocycles. The van der Waals surface area contributed by atoms with Crippen molar-refractivity contribution in [3.63, 3.8) is 0 Å². The second-order valence-electron chi connectivity index (χ2n) is 3.61. The molecule has 0 rings (SSSR count). The molecule has 0 spiro atoms. The Morgan fingerprint density at radius 2 is 2.12 bits per heavy atom. The largest absolute Gasteiger partial charge is 0.478 e. The summed E-state index contributed by atoms with van der Waals surface area (Å²) < 4.78 is 0. The summed E-state index contributed by atoms with van der Waals surface area (Å²) in [5.41, 5.74) is 5.66. The maximum absolute atomic E-state index is 10.6. The second kappa shape index (κ2) is 7.62. The van der Waals surface area contributed by atoms with E-state index < -0.39 is 11.9 Å². The molecule has 5 heteroatoms. The van der Waals surface area contributed by atoms with Crippen LogP contribution in [0.1, 0.15) is 33.1 Å². The van der Waals surface area contributed by atoms with Crippen LogP contribution in [0.2, 0.25) is 0 Å². The number of nitrogens with two attached hydrogens (primary N) is 1. The summed E-state index contributed by atoms with van der Waals surface area (Å²) >= 11 is 0. The van der Waals surface area contributed by atoms with Gasteiger partial charge in [-0.15, -0.1) is 0 Å². The SMILES string of the molecule is CCCC(C=N[C@@H](C)CC(N)=O)=CC(=O)O. The molecular weight excluding hydrogens is 208 g/mol. The van der Waals surface area contributed by atoms with E-state index in [-0.39, 0.29) is 12.5 Å². The molecule has 5 nitrogen and oxygen atoms in total. The van der Waals surface area contributed by atoms with E-state index in [0.29, 0.717) is 12.0 Å². The fraction of sp³-hybridized carbons (Fsp3) is 0.545. The van der Waals surface area contributed by atoms with Crippen LogP contribution in [0.15, 0.2) is 16.6 Å². The van der Waals surface area contributed by atoms with Crippen LogP contribution in [0.5, 0.6) is 0 Å². The molecule has 0 bridgehead atoms. The van der Waals surface area contributed by atoms with Crippen LogP contribution in [0.4, 0.5) is 0 Å². The highest BCUT2D eigenvalue weighted by molar-refractivity contribution is 5.90. The average molecular weight is 226 g/mol. The van der Waals surface area contributed by atoms with Gasteiger partial charge in [-0.3, -0.25) is 9.79 Å². The van der Waals surface area contributed by atoms with Crippen molar-refractivity contribution in [3.8, 4) is 0 Å². The smallest absolute Gasteiger partial charge is 0.328 e. The van der Waals surface area contributed by atoms with E-state index in [1.807, 2.05) is 6.92 Å². The predicted molar refractivity (Wildman–Crippen MR) is 62.4 cm³/mol. The lowest BCUT2D eigenvalue weighted by molar-refractivity contribution is -0.131. The fourth-order valence-electron chi connectivity index (χ4n) is 1.19. The third-order valence-corrected chi connectivity index (χ3v) is 1.84. The number of aliphatic carboxylic acids is 1. The summed E-state index contributed by atoms with van der Waals surface area (Å²) in [5.74, 6) is -1.40. The standard InChI is InChI=1S/C11H18N2O3/c1-3-4-9(6-11(15)16)7-13-8(2)5-10(12)14/h6-8H,3-5H2,1-2H3,(H2,12,14)(H,15,16)/t8-/m0/s1. The van der Waals surface area contributed by atoms with Gasteiger partial charge < -0.3 is 10.8 Å². The first-order chi connectivity index (χ1) is 7.45. The Hall–Kier alpha value is -1.65. The molecule has 0 aliphatic rings. The zero-order valence-corrected chi connectivity index (χ0v) is 9.64. The van der Waals surface area contributed by atoms with Crippen molar-refractivity contribution in [3.05, 3.63) is 11.6 Å². The van der Waals surface area contributed by atoms with Crippen LogP contribution >= 0.6 is 0 Å².